The first kappa shape index (κ1) is 12.0. The fourth-order valence-electron chi connectivity index (χ4n) is 1.62. The van der Waals surface area contributed by atoms with E-state index in [1.54, 1.807) is 12.4 Å². The Hall–Kier alpha value is -1.48. The molecule has 0 aliphatic carbocycles. The van der Waals surface area contributed by atoms with Crippen LogP contribution in [0.25, 0.3) is 0 Å². The number of pyridine rings is 1. The SMILES string of the molecule is Cc1cncc([C@@H](Br)C(=O)c2ccccc2)c1. The number of carbonyl (C=O) groups excluding carboxylic acids is 1. The van der Waals surface area contributed by atoms with Crippen molar-refractivity contribution in [2.45, 2.75) is 11.8 Å². The molecule has 2 nitrogen and oxygen atoms in total. The third-order valence-corrected chi connectivity index (χ3v) is 3.42. The van der Waals surface area contributed by atoms with E-state index in [9.17, 15) is 4.79 Å². The number of rotatable bonds is 3. The van der Waals surface area contributed by atoms with Gasteiger partial charge >= 0.3 is 0 Å². The molecule has 0 radical (unpaired) electrons. The molecule has 0 amide bonds. The van der Waals surface area contributed by atoms with Gasteiger partial charge in [0, 0.05) is 18.0 Å². The Balaban J connectivity index is 2.27. The van der Waals surface area contributed by atoms with E-state index in [0.717, 1.165) is 11.1 Å². The Morgan fingerprint density at radius 2 is 1.94 bits per heavy atom. The summed E-state index contributed by atoms with van der Waals surface area (Å²) >= 11 is 3.43. The lowest BCUT2D eigenvalue weighted by atomic mass is 10.0. The summed E-state index contributed by atoms with van der Waals surface area (Å²) in [6.45, 7) is 1.96. The molecule has 17 heavy (non-hydrogen) atoms. The molecule has 1 aromatic heterocycles. The molecule has 0 aliphatic rings. The second-order valence-corrected chi connectivity index (χ2v) is 4.80. The first-order chi connectivity index (χ1) is 8.18. The topological polar surface area (TPSA) is 30.0 Å². The average molecular weight is 290 g/mol. The molecule has 86 valence electrons. The summed E-state index contributed by atoms with van der Waals surface area (Å²) in [6.07, 6.45) is 3.49. The average Bonchev–Trinajstić information content (AvgIpc) is 2.38. The largest absolute Gasteiger partial charge is 0.293 e. The van der Waals surface area contributed by atoms with Crippen LogP contribution < -0.4 is 0 Å². The van der Waals surface area contributed by atoms with E-state index in [1.165, 1.54) is 0 Å². The summed E-state index contributed by atoms with van der Waals surface area (Å²) < 4.78 is 0. The predicted octanol–water partition coefficient (Wildman–Crippen LogP) is 3.71. The fourth-order valence-corrected chi connectivity index (χ4v) is 2.13. The zero-order valence-corrected chi connectivity index (χ0v) is 11.0. The molecule has 0 spiro atoms. The van der Waals surface area contributed by atoms with E-state index in [0.29, 0.717) is 5.56 Å². The number of ketones is 1. The lowest BCUT2D eigenvalue weighted by Gasteiger charge is -2.09. The predicted molar refractivity (Wildman–Crippen MR) is 71.4 cm³/mol. The van der Waals surface area contributed by atoms with Crippen molar-refractivity contribution < 1.29 is 4.79 Å². The van der Waals surface area contributed by atoms with Crippen molar-refractivity contribution in [1.82, 2.24) is 4.98 Å². The normalized spacial score (nSPS) is 12.1. The molecule has 1 atom stereocenters. The maximum atomic E-state index is 12.2. The summed E-state index contributed by atoms with van der Waals surface area (Å²) in [6, 6.07) is 11.2. The van der Waals surface area contributed by atoms with Gasteiger partial charge in [0.25, 0.3) is 0 Å². The van der Waals surface area contributed by atoms with E-state index >= 15 is 0 Å². The van der Waals surface area contributed by atoms with Gasteiger partial charge in [-0.2, -0.15) is 0 Å². The zero-order valence-electron chi connectivity index (χ0n) is 9.43. The van der Waals surface area contributed by atoms with Crippen LogP contribution >= 0.6 is 15.9 Å². The monoisotopic (exact) mass is 289 g/mol. The molecule has 1 aromatic carbocycles. The Morgan fingerprint density at radius 3 is 2.59 bits per heavy atom. The van der Waals surface area contributed by atoms with Gasteiger partial charge in [0.2, 0.25) is 0 Å². The second-order valence-electron chi connectivity index (χ2n) is 3.89. The van der Waals surface area contributed by atoms with Crippen molar-refractivity contribution >= 4 is 21.7 Å². The first-order valence-electron chi connectivity index (χ1n) is 5.33. The van der Waals surface area contributed by atoms with Crippen molar-refractivity contribution in [3.8, 4) is 0 Å². The fraction of sp³-hybridized carbons (Fsp3) is 0.143. The van der Waals surface area contributed by atoms with Crippen LogP contribution in [0.3, 0.4) is 0 Å². The van der Waals surface area contributed by atoms with Crippen molar-refractivity contribution in [2.24, 2.45) is 0 Å². The molecule has 3 heteroatoms. The quantitative estimate of drug-likeness (QED) is 0.637. The van der Waals surface area contributed by atoms with Gasteiger partial charge in [0.1, 0.15) is 4.83 Å². The minimum absolute atomic E-state index is 0.0537. The summed E-state index contributed by atoms with van der Waals surface area (Å²) in [7, 11) is 0. The molecule has 0 bridgehead atoms. The zero-order chi connectivity index (χ0) is 12.3. The van der Waals surface area contributed by atoms with E-state index in [-0.39, 0.29) is 10.6 Å². The highest BCUT2D eigenvalue weighted by molar-refractivity contribution is 9.09. The second kappa shape index (κ2) is 5.23. The highest BCUT2D eigenvalue weighted by Gasteiger charge is 2.18. The van der Waals surface area contributed by atoms with E-state index < -0.39 is 0 Å². The van der Waals surface area contributed by atoms with Gasteiger partial charge in [-0.15, -0.1) is 0 Å². The summed E-state index contributed by atoms with van der Waals surface area (Å²) in [5.41, 5.74) is 2.64. The van der Waals surface area contributed by atoms with E-state index in [2.05, 4.69) is 20.9 Å². The molecule has 0 N–H and O–H groups in total. The van der Waals surface area contributed by atoms with Gasteiger partial charge in [0.15, 0.2) is 5.78 Å². The number of benzene rings is 1. The van der Waals surface area contributed by atoms with Crippen LogP contribution in [0.15, 0.2) is 48.8 Å². The van der Waals surface area contributed by atoms with Crippen molar-refractivity contribution in [2.75, 3.05) is 0 Å². The number of hydrogen-bond donors (Lipinski definition) is 0. The summed E-state index contributed by atoms with van der Waals surface area (Å²) in [5.74, 6) is 0.0537. The number of hydrogen-bond acceptors (Lipinski definition) is 2. The van der Waals surface area contributed by atoms with Crippen LogP contribution in [0.5, 0.6) is 0 Å². The number of alkyl halides is 1. The van der Waals surface area contributed by atoms with Gasteiger partial charge in [-0.1, -0.05) is 52.3 Å². The van der Waals surface area contributed by atoms with E-state index in [4.69, 9.17) is 0 Å². The maximum absolute atomic E-state index is 12.2. The van der Waals surface area contributed by atoms with Gasteiger partial charge in [-0.25, -0.2) is 0 Å². The lowest BCUT2D eigenvalue weighted by molar-refractivity contribution is 0.0991. The molecule has 2 rings (SSSR count). The molecule has 0 fully saturated rings. The molecule has 0 saturated carbocycles. The van der Waals surface area contributed by atoms with Crippen LogP contribution in [-0.2, 0) is 0 Å². The van der Waals surface area contributed by atoms with Crippen LogP contribution in [-0.4, -0.2) is 10.8 Å². The Bertz CT molecular complexity index is 525. The van der Waals surface area contributed by atoms with E-state index in [1.807, 2.05) is 43.3 Å². The number of aromatic nitrogens is 1. The Kier molecular flexibility index (Phi) is 3.69. The van der Waals surface area contributed by atoms with Gasteiger partial charge in [0.05, 0.1) is 0 Å². The minimum atomic E-state index is -0.336. The number of carbonyl (C=O) groups is 1. The number of Topliss-reactive ketones (excluding diaryl/α,β-unsaturated/α-hetero) is 1. The molecular weight excluding hydrogens is 278 g/mol. The maximum Gasteiger partial charge on any atom is 0.180 e. The van der Waals surface area contributed by atoms with Gasteiger partial charge < -0.3 is 0 Å². The molecule has 2 aromatic rings. The van der Waals surface area contributed by atoms with Crippen LogP contribution in [0.1, 0.15) is 26.3 Å². The standard InChI is InChI=1S/C14H12BrNO/c1-10-7-12(9-16-8-10)13(15)14(17)11-5-3-2-4-6-11/h2-9,13H,1H3/t13-/m1/s1. The van der Waals surface area contributed by atoms with Crippen LogP contribution in [0, 0.1) is 6.92 Å². The van der Waals surface area contributed by atoms with Crippen LogP contribution in [0.4, 0.5) is 0 Å². The van der Waals surface area contributed by atoms with Crippen molar-refractivity contribution in [3.05, 3.63) is 65.5 Å². The first-order valence-corrected chi connectivity index (χ1v) is 6.25. The molecule has 0 aliphatic heterocycles. The lowest BCUT2D eigenvalue weighted by Crippen LogP contribution is -2.07. The van der Waals surface area contributed by atoms with Crippen molar-refractivity contribution in [1.29, 1.82) is 0 Å². The summed E-state index contributed by atoms with van der Waals surface area (Å²) in [5, 5.41) is 0. The molecule has 1 heterocycles. The third-order valence-electron chi connectivity index (χ3n) is 2.48. The molecule has 0 saturated heterocycles. The highest BCUT2D eigenvalue weighted by Crippen LogP contribution is 2.26. The highest BCUT2D eigenvalue weighted by atomic mass is 79.9. The van der Waals surface area contributed by atoms with Crippen molar-refractivity contribution in [3.63, 3.8) is 0 Å². The number of halogens is 1. The molecular formula is C14H12BrNO. The number of nitrogens with zero attached hydrogens (tertiary/aromatic N) is 1. The Labute approximate surface area is 109 Å². The van der Waals surface area contributed by atoms with Crippen LogP contribution in [0.2, 0.25) is 0 Å². The van der Waals surface area contributed by atoms with Gasteiger partial charge in [-0.05, 0) is 18.1 Å². The minimum Gasteiger partial charge on any atom is -0.293 e. The number of aryl methyl sites for hydroxylation is 1. The smallest absolute Gasteiger partial charge is 0.180 e. The van der Waals surface area contributed by atoms with Gasteiger partial charge in [-0.3, -0.25) is 9.78 Å². The third kappa shape index (κ3) is 2.80. The summed E-state index contributed by atoms with van der Waals surface area (Å²) in [4.78, 5) is 15.9. The Morgan fingerprint density at radius 1 is 1.24 bits per heavy atom. The molecule has 0 unspecified atom stereocenters.